The van der Waals surface area contributed by atoms with Gasteiger partial charge in [-0.15, -0.1) is 0 Å². The van der Waals surface area contributed by atoms with Crippen molar-refractivity contribution in [3.63, 3.8) is 0 Å². The van der Waals surface area contributed by atoms with Crippen LogP contribution >= 0.6 is 0 Å². The third-order valence-electron chi connectivity index (χ3n) is 4.54. The molecule has 3 aromatic rings. The number of aryl methyl sites for hydroxylation is 1. The minimum absolute atomic E-state index is 0.117. The van der Waals surface area contributed by atoms with Crippen LogP contribution in [0.3, 0.4) is 0 Å². The van der Waals surface area contributed by atoms with E-state index in [-0.39, 0.29) is 6.10 Å². The largest absolute Gasteiger partial charge is 0.465 e. The molecule has 3 aromatic heterocycles. The minimum Gasteiger partial charge on any atom is -0.465 e. The number of fused-ring (bicyclic) bond motifs is 1. The molecule has 25 heavy (non-hydrogen) atoms. The van der Waals surface area contributed by atoms with Gasteiger partial charge in [0.2, 0.25) is 0 Å². The molecule has 1 atom stereocenters. The number of ether oxygens (including phenoxy) is 1. The predicted molar refractivity (Wildman–Crippen MR) is 94.8 cm³/mol. The number of nitrogens with zero attached hydrogens (tertiary/aromatic N) is 3. The monoisotopic (exact) mass is 337 g/mol. The van der Waals surface area contributed by atoms with Crippen LogP contribution in [0.1, 0.15) is 22.9 Å². The molecule has 0 radical (unpaired) electrons. The molecule has 0 aromatic carbocycles. The molecule has 5 heteroatoms. The Kier molecular flexibility index (Phi) is 4.68. The van der Waals surface area contributed by atoms with E-state index in [9.17, 15) is 0 Å². The lowest BCUT2D eigenvalue weighted by atomic mass is 10.3. The lowest BCUT2D eigenvalue weighted by Gasteiger charge is -2.23. The van der Waals surface area contributed by atoms with Gasteiger partial charge in [-0.25, -0.2) is 0 Å². The Labute approximate surface area is 147 Å². The number of hydrogen-bond donors (Lipinski definition) is 0. The first-order valence-corrected chi connectivity index (χ1v) is 8.69. The molecule has 1 aliphatic heterocycles. The second kappa shape index (κ2) is 7.25. The highest BCUT2D eigenvalue weighted by Crippen LogP contribution is 2.19. The van der Waals surface area contributed by atoms with E-state index in [0.29, 0.717) is 6.61 Å². The Hall–Kier alpha value is -2.37. The van der Waals surface area contributed by atoms with Crippen LogP contribution < -0.4 is 0 Å². The standard InChI is InChI=1S/C20H23N3O2/c1-16-7-8-19(25-16)12-22-11-18-6-4-10-23(18)14-20(13-22)24-15-17-5-2-3-9-21-17/h2-10,20H,11-15H2,1H3/t20-/m0/s1. The molecule has 5 nitrogen and oxygen atoms in total. The molecule has 0 aliphatic carbocycles. The van der Waals surface area contributed by atoms with Gasteiger partial charge < -0.3 is 13.7 Å². The molecule has 0 N–H and O–H groups in total. The van der Waals surface area contributed by atoms with Gasteiger partial charge in [0.15, 0.2) is 0 Å². The van der Waals surface area contributed by atoms with Crippen molar-refractivity contribution in [2.45, 2.75) is 39.3 Å². The number of pyridine rings is 1. The van der Waals surface area contributed by atoms with Gasteiger partial charge in [-0.3, -0.25) is 9.88 Å². The first kappa shape index (κ1) is 16.1. The number of furan rings is 1. The van der Waals surface area contributed by atoms with E-state index in [4.69, 9.17) is 9.15 Å². The Morgan fingerprint density at radius 2 is 2.12 bits per heavy atom. The highest BCUT2D eigenvalue weighted by atomic mass is 16.5. The van der Waals surface area contributed by atoms with Crippen LogP contribution in [0.15, 0.2) is 59.3 Å². The third kappa shape index (κ3) is 4.00. The van der Waals surface area contributed by atoms with Crippen LogP contribution in [0.5, 0.6) is 0 Å². The Bertz CT molecular complexity index is 809. The summed E-state index contributed by atoms with van der Waals surface area (Å²) in [5.74, 6) is 1.96. The first-order chi connectivity index (χ1) is 12.3. The molecule has 0 saturated heterocycles. The van der Waals surface area contributed by atoms with Gasteiger partial charge in [-0.1, -0.05) is 6.07 Å². The predicted octanol–water partition coefficient (Wildman–Crippen LogP) is 3.39. The van der Waals surface area contributed by atoms with Gasteiger partial charge in [0.25, 0.3) is 0 Å². The van der Waals surface area contributed by atoms with Crippen LogP contribution in [0.4, 0.5) is 0 Å². The van der Waals surface area contributed by atoms with Crippen molar-refractivity contribution in [3.8, 4) is 0 Å². The molecular weight excluding hydrogens is 314 g/mol. The molecule has 0 fully saturated rings. The van der Waals surface area contributed by atoms with Gasteiger partial charge in [0, 0.05) is 37.7 Å². The Balaban J connectivity index is 1.47. The zero-order valence-electron chi connectivity index (χ0n) is 14.5. The molecule has 0 saturated carbocycles. The first-order valence-electron chi connectivity index (χ1n) is 8.69. The summed E-state index contributed by atoms with van der Waals surface area (Å²) in [5, 5.41) is 0. The molecule has 4 heterocycles. The maximum absolute atomic E-state index is 6.19. The van der Waals surface area contributed by atoms with E-state index in [1.807, 2.05) is 31.2 Å². The molecule has 0 bridgehead atoms. The average Bonchev–Trinajstić information content (AvgIpc) is 3.19. The molecule has 1 aliphatic rings. The number of hydrogen-bond acceptors (Lipinski definition) is 4. The SMILES string of the molecule is Cc1ccc(CN2Cc3cccn3C[C@@H](OCc3ccccn3)C2)o1. The van der Waals surface area contributed by atoms with Crippen LogP contribution in [0.25, 0.3) is 0 Å². The Morgan fingerprint density at radius 3 is 2.92 bits per heavy atom. The fourth-order valence-corrected chi connectivity index (χ4v) is 3.33. The lowest BCUT2D eigenvalue weighted by Crippen LogP contribution is -2.32. The summed E-state index contributed by atoms with van der Waals surface area (Å²) in [4.78, 5) is 6.74. The van der Waals surface area contributed by atoms with Gasteiger partial charge in [-0.2, -0.15) is 0 Å². The van der Waals surface area contributed by atoms with Crippen molar-refractivity contribution < 1.29 is 9.15 Å². The fourth-order valence-electron chi connectivity index (χ4n) is 3.33. The van der Waals surface area contributed by atoms with Crippen LogP contribution in [0, 0.1) is 6.92 Å². The quantitative estimate of drug-likeness (QED) is 0.716. The topological polar surface area (TPSA) is 43.4 Å². The number of rotatable bonds is 5. The van der Waals surface area contributed by atoms with Crippen molar-refractivity contribution >= 4 is 0 Å². The summed E-state index contributed by atoms with van der Waals surface area (Å²) >= 11 is 0. The van der Waals surface area contributed by atoms with E-state index in [1.54, 1.807) is 6.20 Å². The molecule has 0 amide bonds. The summed E-state index contributed by atoms with van der Waals surface area (Å²) in [5.41, 5.74) is 2.28. The Morgan fingerprint density at radius 1 is 1.16 bits per heavy atom. The summed E-state index contributed by atoms with van der Waals surface area (Å²) in [6.45, 7) is 5.95. The third-order valence-corrected chi connectivity index (χ3v) is 4.54. The van der Waals surface area contributed by atoms with Crippen LogP contribution in [-0.4, -0.2) is 27.1 Å². The zero-order valence-corrected chi connectivity index (χ0v) is 14.5. The van der Waals surface area contributed by atoms with Crippen LogP contribution in [-0.2, 0) is 31.0 Å². The van der Waals surface area contributed by atoms with Crippen molar-refractivity contribution in [3.05, 3.63) is 77.8 Å². The fraction of sp³-hybridized carbons (Fsp3) is 0.350. The van der Waals surface area contributed by atoms with E-state index < -0.39 is 0 Å². The van der Waals surface area contributed by atoms with Crippen molar-refractivity contribution in [1.82, 2.24) is 14.5 Å². The lowest BCUT2D eigenvalue weighted by molar-refractivity contribution is 0.00618. The van der Waals surface area contributed by atoms with E-state index in [1.165, 1.54) is 5.69 Å². The van der Waals surface area contributed by atoms with Gasteiger partial charge in [0.05, 0.1) is 24.9 Å². The van der Waals surface area contributed by atoms with E-state index in [0.717, 1.165) is 43.4 Å². The molecule has 4 rings (SSSR count). The second-order valence-corrected chi connectivity index (χ2v) is 6.59. The van der Waals surface area contributed by atoms with Crippen molar-refractivity contribution in [2.24, 2.45) is 0 Å². The maximum Gasteiger partial charge on any atom is 0.118 e. The summed E-state index contributed by atoms with van der Waals surface area (Å²) < 4.78 is 14.2. The molecule has 0 unspecified atom stereocenters. The number of aromatic nitrogens is 2. The van der Waals surface area contributed by atoms with E-state index >= 15 is 0 Å². The maximum atomic E-state index is 6.19. The van der Waals surface area contributed by atoms with Gasteiger partial charge >= 0.3 is 0 Å². The van der Waals surface area contributed by atoms with Crippen molar-refractivity contribution in [2.75, 3.05) is 6.54 Å². The van der Waals surface area contributed by atoms with E-state index in [2.05, 4.69) is 38.8 Å². The zero-order chi connectivity index (χ0) is 17.1. The molecular formula is C20H23N3O2. The minimum atomic E-state index is 0.117. The van der Waals surface area contributed by atoms with Crippen LogP contribution in [0.2, 0.25) is 0 Å². The van der Waals surface area contributed by atoms with Crippen molar-refractivity contribution in [1.29, 1.82) is 0 Å². The summed E-state index contributed by atoms with van der Waals surface area (Å²) in [6.07, 6.45) is 4.06. The summed E-state index contributed by atoms with van der Waals surface area (Å²) in [7, 11) is 0. The molecule has 0 spiro atoms. The smallest absolute Gasteiger partial charge is 0.118 e. The molecule has 130 valence electrons. The highest BCUT2D eigenvalue weighted by Gasteiger charge is 2.23. The highest BCUT2D eigenvalue weighted by molar-refractivity contribution is 5.10. The van der Waals surface area contributed by atoms with Gasteiger partial charge in [-0.05, 0) is 43.3 Å². The average molecular weight is 337 g/mol. The van der Waals surface area contributed by atoms with Gasteiger partial charge in [0.1, 0.15) is 11.5 Å². The second-order valence-electron chi connectivity index (χ2n) is 6.59. The normalized spacial score (nSPS) is 18.0. The summed E-state index contributed by atoms with van der Waals surface area (Å²) in [6, 6.07) is 14.3.